The second-order valence-corrected chi connectivity index (χ2v) is 6.79. The van der Waals surface area contributed by atoms with Crippen LogP contribution in [0.15, 0.2) is 53.4 Å². The van der Waals surface area contributed by atoms with Crippen LogP contribution in [-0.4, -0.2) is 33.9 Å². The van der Waals surface area contributed by atoms with Crippen LogP contribution < -0.4 is 9.46 Å². The number of ether oxygens (including phenoxy) is 2. The number of esters is 1. The molecule has 0 aliphatic carbocycles. The molecule has 2 aromatic carbocycles. The maximum atomic E-state index is 12.5. The predicted molar refractivity (Wildman–Crippen MR) is 91.2 cm³/mol. The number of hydrogen-bond acceptors (Lipinski definition) is 6. The molecule has 0 heterocycles. The summed E-state index contributed by atoms with van der Waals surface area (Å²) in [5, 5.41) is 0. The number of benzene rings is 2. The smallest absolute Gasteiger partial charge is 0.340 e. The van der Waals surface area contributed by atoms with E-state index < -0.39 is 16.0 Å². The molecule has 0 saturated heterocycles. The molecule has 132 valence electrons. The minimum Gasteiger partial charge on any atom is -0.497 e. The molecule has 1 N–H and O–H groups in total. The monoisotopic (exact) mass is 363 g/mol. The largest absolute Gasteiger partial charge is 0.497 e. The van der Waals surface area contributed by atoms with Crippen molar-refractivity contribution < 1.29 is 27.5 Å². The summed E-state index contributed by atoms with van der Waals surface area (Å²) in [5.41, 5.74) is 0.0766. The highest BCUT2D eigenvalue weighted by atomic mass is 32.2. The molecule has 2 rings (SSSR count). The molecule has 0 amide bonds. The van der Waals surface area contributed by atoms with Gasteiger partial charge in [0.05, 0.1) is 23.3 Å². The average molecular weight is 363 g/mol. The normalized spacial score (nSPS) is 10.8. The Hall–Kier alpha value is -2.87. The van der Waals surface area contributed by atoms with Crippen molar-refractivity contribution in [3.63, 3.8) is 0 Å². The number of nitrogens with one attached hydrogen (secondary N) is 1. The van der Waals surface area contributed by atoms with Crippen molar-refractivity contribution in [3.05, 3.63) is 54.1 Å². The molecule has 0 fully saturated rings. The maximum absolute atomic E-state index is 12.5. The van der Waals surface area contributed by atoms with Crippen molar-refractivity contribution in [2.75, 3.05) is 18.4 Å². The summed E-state index contributed by atoms with van der Waals surface area (Å²) in [6.07, 6.45) is 0. The zero-order valence-corrected chi connectivity index (χ0v) is 14.5. The summed E-state index contributed by atoms with van der Waals surface area (Å²) in [4.78, 5) is 23.0. The molecule has 7 nitrogen and oxygen atoms in total. The van der Waals surface area contributed by atoms with E-state index in [1.807, 2.05) is 0 Å². The Balaban J connectivity index is 2.26. The number of anilines is 1. The lowest BCUT2D eigenvalue weighted by molar-refractivity contribution is -0.120. The molecule has 25 heavy (non-hydrogen) atoms. The van der Waals surface area contributed by atoms with Gasteiger partial charge in [0.1, 0.15) is 12.4 Å². The Labute approximate surface area is 145 Å². The minimum absolute atomic E-state index is 0.0141. The molecule has 0 aromatic heterocycles. The van der Waals surface area contributed by atoms with Gasteiger partial charge in [0.15, 0.2) is 5.78 Å². The first kappa shape index (κ1) is 18.5. The van der Waals surface area contributed by atoms with Crippen LogP contribution in [0.5, 0.6) is 5.75 Å². The molecule has 0 atom stereocenters. The van der Waals surface area contributed by atoms with Crippen LogP contribution in [0, 0.1) is 0 Å². The number of para-hydroxylation sites is 1. The van der Waals surface area contributed by atoms with Gasteiger partial charge < -0.3 is 9.47 Å². The van der Waals surface area contributed by atoms with Gasteiger partial charge in [0, 0.05) is 0 Å². The second kappa shape index (κ2) is 7.80. The van der Waals surface area contributed by atoms with E-state index in [9.17, 15) is 18.0 Å². The summed E-state index contributed by atoms with van der Waals surface area (Å²) in [7, 11) is -2.43. The van der Waals surface area contributed by atoms with Crippen molar-refractivity contribution in [2.24, 2.45) is 0 Å². The summed E-state index contributed by atoms with van der Waals surface area (Å²) < 4.78 is 37.2. The van der Waals surface area contributed by atoms with Crippen LogP contribution in [0.2, 0.25) is 0 Å². The van der Waals surface area contributed by atoms with Crippen LogP contribution in [0.3, 0.4) is 0 Å². The van der Waals surface area contributed by atoms with E-state index in [0.29, 0.717) is 5.75 Å². The standard InChI is InChI=1S/C17H17NO6S/c1-12(19)11-24-17(20)15-5-3-4-6-16(15)18-25(21,22)14-9-7-13(23-2)8-10-14/h3-10,18H,11H2,1-2H3. The van der Waals surface area contributed by atoms with Gasteiger partial charge in [-0.1, -0.05) is 12.1 Å². The third-order valence-corrected chi connectivity index (χ3v) is 4.55. The van der Waals surface area contributed by atoms with E-state index in [-0.39, 0.29) is 28.5 Å². The minimum atomic E-state index is -3.91. The molecular formula is C17H17NO6S. The fourth-order valence-corrected chi connectivity index (χ4v) is 3.03. The maximum Gasteiger partial charge on any atom is 0.340 e. The molecular weight excluding hydrogens is 346 g/mol. The topological polar surface area (TPSA) is 98.8 Å². The average Bonchev–Trinajstić information content (AvgIpc) is 2.60. The molecule has 0 saturated carbocycles. The van der Waals surface area contributed by atoms with E-state index in [1.54, 1.807) is 12.1 Å². The molecule has 0 radical (unpaired) electrons. The molecule has 0 aliphatic rings. The first-order chi connectivity index (χ1) is 11.8. The van der Waals surface area contributed by atoms with Gasteiger partial charge in [0.25, 0.3) is 10.0 Å². The van der Waals surface area contributed by atoms with Gasteiger partial charge in [-0.3, -0.25) is 9.52 Å². The van der Waals surface area contributed by atoms with Gasteiger partial charge in [-0.05, 0) is 43.3 Å². The molecule has 0 spiro atoms. The summed E-state index contributed by atoms with van der Waals surface area (Å²) in [5.74, 6) is -0.583. The van der Waals surface area contributed by atoms with Gasteiger partial charge in [-0.15, -0.1) is 0 Å². The van der Waals surface area contributed by atoms with Crippen LogP contribution >= 0.6 is 0 Å². The van der Waals surface area contributed by atoms with E-state index >= 15 is 0 Å². The van der Waals surface area contributed by atoms with Crippen molar-refractivity contribution in [3.8, 4) is 5.75 Å². The second-order valence-electron chi connectivity index (χ2n) is 5.10. The van der Waals surface area contributed by atoms with Gasteiger partial charge in [-0.2, -0.15) is 0 Å². The summed E-state index contributed by atoms with van der Waals surface area (Å²) in [6.45, 7) is 0.907. The number of carbonyl (C=O) groups is 2. The quantitative estimate of drug-likeness (QED) is 0.758. The molecule has 0 unspecified atom stereocenters. The van der Waals surface area contributed by atoms with E-state index in [1.165, 1.54) is 50.4 Å². The zero-order valence-electron chi connectivity index (χ0n) is 13.7. The molecule has 0 bridgehead atoms. The lowest BCUT2D eigenvalue weighted by Crippen LogP contribution is -2.17. The van der Waals surface area contributed by atoms with Crippen molar-refractivity contribution >= 4 is 27.5 Å². The Morgan fingerprint density at radius 3 is 2.28 bits per heavy atom. The number of ketones is 1. The van der Waals surface area contributed by atoms with Gasteiger partial charge in [0.2, 0.25) is 0 Å². The Morgan fingerprint density at radius 1 is 1.04 bits per heavy atom. The Bertz CT molecular complexity index is 874. The highest BCUT2D eigenvalue weighted by molar-refractivity contribution is 7.92. The fraction of sp³-hybridized carbons (Fsp3) is 0.176. The fourth-order valence-electron chi connectivity index (χ4n) is 1.95. The lowest BCUT2D eigenvalue weighted by atomic mass is 10.2. The van der Waals surface area contributed by atoms with Crippen LogP contribution in [0.25, 0.3) is 0 Å². The van der Waals surface area contributed by atoms with Crippen LogP contribution in [0.4, 0.5) is 5.69 Å². The molecule has 8 heteroatoms. The van der Waals surface area contributed by atoms with E-state index in [4.69, 9.17) is 9.47 Å². The summed E-state index contributed by atoms with van der Waals surface area (Å²) >= 11 is 0. The number of carbonyl (C=O) groups excluding carboxylic acids is 2. The highest BCUT2D eigenvalue weighted by Gasteiger charge is 2.19. The Morgan fingerprint density at radius 2 is 1.68 bits per heavy atom. The third kappa shape index (κ3) is 4.80. The van der Waals surface area contributed by atoms with Crippen molar-refractivity contribution in [2.45, 2.75) is 11.8 Å². The van der Waals surface area contributed by atoms with Crippen molar-refractivity contribution in [1.29, 1.82) is 0 Å². The van der Waals surface area contributed by atoms with E-state index in [0.717, 1.165) is 0 Å². The van der Waals surface area contributed by atoms with E-state index in [2.05, 4.69) is 4.72 Å². The van der Waals surface area contributed by atoms with Crippen LogP contribution in [0.1, 0.15) is 17.3 Å². The zero-order chi connectivity index (χ0) is 18.4. The van der Waals surface area contributed by atoms with Gasteiger partial charge in [-0.25, -0.2) is 13.2 Å². The number of methoxy groups -OCH3 is 1. The first-order valence-electron chi connectivity index (χ1n) is 7.26. The number of rotatable bonds is 7. The highest BCUT2D eigenvalue weighted by Crippen LogP contribution is 2.22. The number of sulfonamides is 1. The SMILES string of the molecule is COc1ccc(S(=O)(=O)Nc2ccccc2C(=O)OCC(C)=O)cc1. The number of hydrogen-bond donors (Lipinski definition) is 1. The lowest BCUT2D eigenvalue weighted by Gasteiger charge is -2.12. The summed E-state index contributed by atoms with van der Waals surface area (Å²) in [6, 6.07) is 11.8. The Kier molecular flexibility index (Phi) is 5.76. The molecule has 2 aromatic rings. The number of Topliss-reactive ketones (excluding diaryl/α,β-unsaturated/α-hetero) is 1. The third-order valence-electron chi connectivity index (χ3n) is 3.17. The predicted octanol–water partition coefficient (Wildman–Crippen LogP) is 2.24. The van der Waals surface area contributed by atoms with Crippen molar-refractivity contribution in [1.82, 2.24) is 0 Å². The first-order valence-corrected chi connectivity index (χ1v) is 8.74. The van der Waals surface area contributed by atoms with Gasteiger partial charge >= 0.3 is 5.97 Å². The molecule has 0 aliphatic heterocycles. The van der Waals surface area contributed by atoms with Crippen LogP contribution in [-0.2, 0) is 19.6 Å².